The molecule has 6 nitrogen and oxygen atoms in total. The molecule has 1 aromatic rings. The van der Waals surface area contributed by atoms with Crippen LogP contribution in [0.5, 0.6) is 5.75 Å². The first-order chi connectivity index (χ1) is 10.1. The normalized spacial score (nSPS) is 10.3. The average Bonchev–Trinajstić information content (AvgIpc) is 2.46. The van der Waals surface area contributed by atoms with Gasteiger partial charge in [0.1, 0.15) is 5.75 Å². The van der Waals surface area contributed by atoms with Gasteiger partial charge in [0.05, 0.1) is 25.9 Å². The maximum absolute atomic E-state index is 11.9. The predicted octanol–water partition coefficient (Wildman–Crippen LogP) is 1.52. The van der Waals surface area contributed by atoms with Crippen LogP contribution in [0.3, 0.4) is 0 Å². The number of benzene rings is 1. The van der Waals surface area contributed by atoms with Gasteiger partial charge in [-0.05, 0) is 26.1 Å². The third-order valence-electron chi connectivity index (χ3n) is 2.81. The fourth-order valence-corrected chi connectivity index (χ4v) is 1.76. The lowest BCUT2D eigenvalue weighted by molar-refractivity contribution is -0.144. The number of para-hydroxylation sites is 2. The van der Waals surface area contributed by atoms with Gasteiger partial charge in [-0.15, -0.1) is 0 Å². The molecule has 1 amide bonds. The molecule has 116 valence electrons. The van der Waals surface area contributed by atoms with E-state index in [2.05, 4.69) is 5.32 Å². The fraction of sp³-hybridized carbons (Fsp3) is 0.467. The molecule has 21 heavy (non-hydrogen) atoms. The third-order valence-corrected chi connectivity index (χ3v) is 2.81. The number of rotatable bonds is 8. The van der Waals surface area contributed by atoms with Crippen LogP contribution in [0.1, 0.15) is 13.3 Å². The zero-order valence-corrected chi connectivity index (χ0v) is 12.7. The molecule has 0 aliphatic carbocycles. The van der Waals surface area contributed by atoms with Crippen LogP contribution in [-0.2, 0) is 14.3 Å². The summed E-state index contributed by atoms with van der Waals surface area (Å²) < 4.78 is 10.0. The summed E-state index contributed by atoms with van der Waals surface area (Å²) in [6, 6.07) is 7.22. The van der Waals surface area contributed by atoms with Crippen molar-refractivity contribution in [2.75, 3.05) is 39.2 Å². The minimum absolute atomic E-state index is 0.129. The summed E-state index contributed by atoms with van der Waals surface area (Å²) in [6.07, 6.45) is 0.286. The Kier molecular flexibility index (Phi) is 7.25. The van der Waals surface area contributed by atoms with Crippen LogP contribution in [0.25, 0.3) is 0 Å². The van der Waals surface area contributed by atoms with Gasteiger partial charge in [-0.3, -0.25) is 14.5 Å². The van der Waals surface area contributed by atoms with Crippen molar-refractivity contribution in [1.29, 1.82) is 0 Å². The van der Waals surface area contributed by atoms with E-state index in [1.807, 2.05) is 12.1 Å². The van der Waals surface area contributed by atoms with Gasteiger partial charge in [0, 0.05) is 13.0 Å². The molecule has 0 saturated carbocycles. The second-order valence-corrected chi connectivity index (χ2v) is 4.54. The number of anilines is 1. The van der Waals surface area contributed by atoms with Gasteiger partial charge in [0.15, 0.2) is 0 Å². The van der Waals surface area contributed by atoms with Crippen LogP contribution in [0, 0.1) is 0 Å². The summed E-state index contributed by atoms with van der Waals surface area (Å²) >= 11 is 0. The predicted molar refractivity (Wildman–Crippen MR) is 80.4 cm³/mol. The van der Waals surface area contributed by atoms with E-state index in [0.29, 0.717) is 24.6 Å². The lowest BCUT2D eigenvalue weighted by atomic mass is 10.2. The first kappa shape index (κ1) is 17.0. The zero-order valence-electron chi connectivity index (χ0n) is 12.7. The highest BCUT2D eigenvalue weighted by Crippen LogP contribution is 2.22. The van der Waals surface area contributed by atoms with Crippen molar-refractivity contribution in [1.82, 2.24) is 4.90 Å². The Morgan fingerprint density at radius 1 is 1.29 bits per heavy atom. The van der Waals surface area contributed by atoms with Gasteiger partial charge in [-0.2, -0.15) is 0 Å². The molecule has 0 aliphatic rings. The van der Waals surface area contributed by atoms with Crippen molar-refractivity contribution < 1.29 is 19.1 Å². The number of esters is 1. The molecule has 1 N–H and O–H groups in total. The molecular weight excluding hydrogens is 272 g/mol. The molecule has 0 unspecified atom stereocenters. The number of carbonyl (C=O) groups excluding carboxylic acids is 2. The maximum Gasteiger partial charge on any atom is 0.320 e. The van der Waals surface area contributed by atoms with E-state index >= 15 is 0 Å². The van der Waals surface area contributed by atoms with Crippen LogP contribution in [0.15, 0.2) is 24.3 Å². The maximum atomic E-state index is 11.9. The Labute approximate surface area is 125 Å². The van der Waals surface area contributed by atoms with Gasteiger partial charge in [-0.1, -0.05) is 12.1 Å². The highest BCUT2D eigenvalue weighted by atomic mass is 16.5. The monoisotopic (exact) mass is 294 g/mol. The minimum Gasteiger partial charge on any atom is -0.495 e. The molecule has 0 aliphatic heterocycles. The number of hydrogen-bond acceptors (Lipinski definition) is 5. The molecule has 6 heteroatoms. The van der Waals surface area contributed by atoms with Gasteiger partial charge in [0.25, 0.3) is 0 Å². The second kappa shape index (κ2) is 8.97. The van der Waals surface area contributed by atoms with E-state index in [1.165, 1.54) is 0 Å². The Balaban J connectivity index is 2.38. The number of nitrogens with one attached hydrogen (secondary N) is 1. The molecule has 0 radical (unpaired) electrons. The van der Waals surface area contributed by atoms with Crippen molar-refractivity contribution in [3.8, 4) is 5.75 Å². The van der Waals surface area contributed by atoms with Gasteiger partial charge >= 0.3 is 5.97 Å². The largest absolute Gasteiger partial charge is 0.495 e. The quantitative estimate of drug-likeness (QED) is 0.736. The van der Waals surface area contributed by atoms with Crippen molar-refractivity contribution in [3.05, 3.63) is 24.3 Å². The summed E-state index contributed by atoms with van der Waals surface area (Å²) in [5.74, 6) is 0.200. The number of ether oxygens (including phenoxy) is 2. The van der Waals surface area contributed by atoms with Crippen molar-refractivity contribution in [3.63, 3.8) is 0 Å². The number of methoxy groups -OCH3 is 1. The molecule has 0 bridgehead atoms. The minimum atomic E-state index is -0.287. The first-order valence-electron chi connectivity index (χ1n) is 6.83. The molecule has 0 heterocycles. The summed E-state index contributed by atoms with van der Waals surface area (Å²) in [6.45, 7) is 2.77. The van der Waals surface area contributed by atoms with Crippen LogP contribution in [0.4, 0.5) is 5.69 Å². The molecule has 0 spiro atoms. The summed E-state index contributed by atoms with van der Waals surface area (Å²) in [7, 11) is 3.32. The number of likely N-dealkylation sites (N-methyl/N-ethyl adjacent to an activating group) is 1. The van der Waals surface area contributed by atoms with E-state index in [1.54, 1.807) is 38.1 Å². The Hall–Kier alpha value is -2.08. The van der Waals surface area contributed by atoms with E-state index in [0.717, 1.165) is 0 Å². The van der Waals surface area contributed by atoms with Gasteiger partial charge in [-0.25, -0.2) is 0 Å². The molecule has 0 atom stereocenters. The van der Waals surface area contributed by atoms with E-state index in [9.17, 15) is 9.59 Å². The lowest BCUT2D eigenvalue weighted by Crippen LogP contribution is -2.30. The molecule has 1 aromatic carbocycles. The number of hydrogen-bond donors (Lipinski definition) is 1. The number of carbonyl (C=O) groups is 2. The van der Waals surface area contributed by atoms with Gasteiger partial charge < -0.3 is 14.8 Å². The first-order valence-corrected chi connectivity index (χ1v) is 6.83. The smallest absolute Gasteiger partial charge is 0.320 e. The summed E-state index contributed by atoms with van der Waals surface area (Å²) in [4.78, 5) is 24.9. The lowest BCUT2D eigenvalue weighted by Gasteiger charge is -2.15. The summed E-state index contributed by atoms with van der Waals surface area (Å²) in [5, 5.41) is 2.79. The Morgan fingerprint density at radius 2 is 2.00 bits per heavy atom. The molecule has 1 rings (SSSR count). The fourth-order valence-electron chi connectivity index (χ4n) is 1.76. The van der Waals surface area contributed by atoms with Crippen LogP contribution < -0.4 is 10.1 Å². The molecule has 0 saturated heterocycles. The highest BCUT2D eigenvalue weighted by Gasteiger charge is 2.10. The van der Waals surface area contributed by atoms with Crippen molar-refractivity contribution >= 4 is 17.6 Å². The average molecular weight is 294 g/mol. The number of amides is 1. The third kappa shape index (κ3) is 6.27. The highest BCUT2D eigenvalue weighted by molar-refractivity contribution is 5.92. The SMILES string of the molecule is CCOC(=O)CN(C)CCC(=O)Nc1ccccc1OC. The standard InChI is InChI=1S/C15H22N2O4/c1-4-21-15(19)11-17(2)10-9-14(18)16-12-7-5-6-8-13(12)20-3/h5-8H,4,9-11H2,1-3H3,(H,16,18). The second-order valence-electron chi connectivity index (χ2n) is 4.54. The topological polar surface area (TPSA) is 67.9 Å². The van der Waals surface area contributed by atoms with Gasteiger partial charge in [0.2, 0.25) is 5.91 Å². The van der Waals surface area contributed by atoms with Crippen LogP contribution in [-0.4, -0.2) is 50.6 Å². The van der Waals surface area contributed by atoms with Crippen LogP contribution in [0.2, 0.25) is 0 Å². The molecule has 0 fully saturated rings. The van der Waals surface area contributed by atoms with E-state index < -0.39 is 0 Å². The molecular formula is C15H22N2O4. The summed E-state index contributed by atoms with van der Waals surface area (Å²) in [5.41, 5.74) is 0.637. The Bertz CT molecular complexity index is 476. The molecule has 0 aromatic heterocycles. The van der Waals surface area contributed by atoms with Crippen molar-refractivity contribution in [2.45, 2.75) is 13.3 Å². The number of nitrogens with zero attached hydrogens (tertiary/aromatic N) is 1. The van der Waals surface area contributed by atoms with E-state index in [4.69, 9.17) is 9.47 Å². The van der Waals surface area contributed by atoms with Crippen LogP contribution >= 0.6 is 0 Å². The van der Waals surface area contributed by atoms with E-state index in [-0.39, 0.29) is 24.8 Å². The van der Waals surface area contributed by atoms with Crippen molar-refractivity contribution in [2.24, 2.45) is 0 Å². The Morgan fingerprint density at radius 3 is 2.67 bits per heavy atom. The zero-order chi connectivity index (χ0) is 15.7.